The zero-order valence-corrected chi connectivity index (χ0v) is 13.8. The fourth-order valence-corrected chi connectivity index (χ4v) is 3.44. The summed E-state index contributed by atoms with van der Waals surface area (Å²) in [5.41, 5.74) is 3.64. The van der Waals surface area contributed by atoms with Gasteiger partial charge in [-0.25, -0.2) is 8.78 Å². The van der Waals surface area contributed by atoms with Crippen molar-refractivity contribution in [3.63, 3.8) is 0 Å². The predicted molar refractivity (Wildman–Crippen MR) is 92.5 cm³/mol. The molecule has 26 heavy (non-hydrogen) atoms. The molecule has 0 unspecified atom stereocenters. The van der Waals surface area contributed by atoms with E-state index in [0.717, 1.165) is 35.7 Å². The number of amides is 1. The molecule has 1 saturated carbocycles. The molecule has 6 heteroatoms. The Balaban J connectivity index is 1.72. The minimum absolute atomic E-state index is 0.182. The van der Waals surface area contributed by atoms with E-state index in [2.05, 4.69) is 10.4 Å². The fourth-order valence-electron chi connectivity index (χ4n) is 3.44. The van der Waals surface area contributed by atoms with Gasteiger partial charge in [0.05, 0.1) is 11.7 Å². The molecule has 4 nitrogen and oxygen atoms in total. The van der Waals surface area contributed by atoms with E-state index in [-0.39, 0.29) is 11.5 Å². The van der Waals surface area contributed by atoms with Crippen LogP contribution in [0.4, 0.5) is 8.78 Å². The first-order valence-corrected chi connectivity index (χ1v) is 8.56. The highest BCUT2D eigenvalue weighted by Crippen LogP contribution is 2.39. The Morgan fingerprint density at radius 3 is 2.62 bits per heavy atom. The van der Waals surface area contributed by atoms with Gasteiger partial charge < -0.3 is 5.32 Å². The van der Waals surface area contributed by atoms with Crippen molar-refractivity contribution in [2.45, 2.75) is 25.4 Å². The summed E-state index contributed by atoms with van der Waals surface area (Å²) in [6, 6.07) is 9.38. The lowest BCUT2D eigenvalue weighted by atomic mass is 9.92. The number of halogens is 2. The van der Waals surface area contributed by atoms with E-state index in [0.29, 0.717) is 23.7 Å². The van der Waals surface area contributed by atoms with Gasteiger partial charge in [0, 0.05) is 35.5 Å². The fraction of sp³-hybridized carbons (Fsp3) is 0.200. The summed E-state index contributed by atoms with van der Waals surface area (Å²) >= 11 is 0. The normalized spacial score (nSPS) is 15.8. The number of carbonyl (C=O) groups is 1. The van der Waals surface area contributed by atoms with Crippen LogP contribution in [0.2, 0.25) is 0 Å². The Kier molecular flexibility index (Phi) is 3.22. The molecule has 1 aliphatic heterocycles. The third kappa shape index (κ3) is 2.41. The Morgan fingerprint density at radius 2 is 1.85 bits per heavy atom. The van der Waals surface area contributed by atoms with Gasteiger partial charge in [-0.2, -0.15) is 5.10 Å². The molecular weight excluding hydrogens is 336 g/mol. The minimum atomic E-state index is -0.661. The summed E-state index contributed by atoms with van der Waals surface area (Å²) < 4.78 is 29.7. The first kappa shape index (κ1) is 15.3. The Morgan fingerprint density at radius 1 is 1.00 bits per heavy atom. The van der Waals surface area contributed by atoms with E-state index < -0.39 is 11.6 Å². The maximum absolute atomic E-state index is 14.5. The smallest absolute Gasteiger partial charge is 0.251 e. The molecule has 130 valence electrons. The lowest BCUT2D eigenvalue weighted by molar-refractivity contribution is 0.0966. The van der Waals surface area contributed by atoms with Gasteiger partial charge in [-0.1, -0.05) is 0 Å². The highest BCUT2D eigenvalue weighted by Gasteiger charge is 2.27. The maximum Gasteiger partial charge on any atom is 0.251 e. The highest BCUT2D eigenvalue weighted by atomic mass is 19.1. The number of rotatable bonds is 3. The van der Waals surface area contributed by atoms with Gasteiger partial charge in [0.1, 0.15) is 11.6 Å². The largest absolute Gasteiger partial charge is 0.348 e. The maximum atomic E-state index is 14.5. The summed E-state index contributed by atoms with van der Waals surface area (Å²) in [5.74, 6) is -1.48. The van der Waals surface area contributed by atoms with Gasteiger partial charge in [0.2, 0.25) is 0 Å². The molecule has 2 heterocycles. The zero-order chi connectivity index (χ0) is 17.8. The SMILES string of the molecule is O=C1NCc2cc(-c3ccn(C4CC4)n3)c(-c3ccc(F)cc3F)cc21. The first-order valence-electron chi connectivity index (χ1n) is 8.56. The minimum Gasteiger partial charge on any atom is -0.348 e. The number of hydrogen-bond donors (Lipinski definition) is 1. The lowest BCUT2D eigenvalue weighted by Crippen LogP contribution is -2.12. The molecule has 0 bridgehead atoms. The van der Waals surface area contributed by atoms with Crippen molar-refractivity contribution in [2.75, 3.05) is 0 Å². The Labute approximate surface area is 148 Å². The number of nitrogens with zero attached hydrogens (tertiary/aromatic N) is 2. The van der Waals surface area contributed by atoms with E-state index in [1.807, 2.05) is 23.0 Å². The van der Waals surface area contributed by atoms with E-state index in [9.17, 15) is 13.6 Å². The van der Waals surface area contributed by atoms with Crippen molar-refractivity contribution in [1.82, 2.24) is 15.1 Å². The molecule has 3 aromatic rings. The molecular formula is C20H15F2N3O. The van der Waals surface area contributed by atoms with Crippen molar-refractivity contribution in [3.05, 3.63) is 65.4 Å². The number of carbonyl (C=O) groups excluding carboxylic acids is 1. The molecule has 1 aromatic heterocycles. The third-order valence-electron chi connectivity index (χ3n) is 4.95. The average molecular weight is 351 g/mol. The van der Waals surface area contributed by atoms with Gasteiger partial charge in [-0.3, -0.25) is 9.48 Å². The molecule has 1 fully saturated rings. The Bertz CT molecular complexity index is 1050. The molecule has 2 aliphatic rings. The number of hydrogen-bond acceptors (Lipinski definition) is 2. The average Bonchev–Trinajstić information content (AvgIpc) is 3.25. The quantitative estimate of drug-likeness (QED) is 0.773. The summed E-state index contributed by atoms with van der Waals surface area (Å²) in [6.45, 7) is 0.441. The van der Waals surface area contributed by atoms with Crippen LogP contribution in [0.3, 0.4) is 0 Å². The first-order chi connectivity index (χ1) is 12.6. The molecule has 0 saturated heterocycles. The zero-order valence-electron chi connectivity index (χ0n) is 13.8. The molecule has 0 atom stereocenters. The van der Waals surface area contributed by atoms with Crippen molar-refractivity contribution in [1.29, 1.82) is 0 Å². The highest BCUT2D eigenvalue weighted by molar-refractivity contribution is 6.01. The van der Waals surface area contributed by atoms with Crippen LogP contribution in [0.5, 0.6) is 0 Å². The molecule has 1 aliphatic carbocycles. The number of benzene rings is 2. The van der Waals surface area contributed by atoms with Gasteiger partial charge in [0.15, 0.2) is 0 Å². The van der Waals surface area contributed by atoms with Gasteiger partial charge in [0.25, 0.3) is 5.91 Å². The lowest BCUT2D eigenvalue weighted by Gasteiger charge is -2.12. The topological polar surface area (TPSA) is 46.9 Å². The number of nitrogens with one attached hydrogen (secondary N) is 1. The van der Waals surface area contributed by atoms with Crippen molar-refractivity contribution < 1.29 is 13.6 Å². The summed E-state index contributed by atoms with van der Waals surface area (Å²) in [6.07, 6.45) is 4.15. The van der Waals surface area contributed by atoms with E-state index in [1.54, 1.807) is 6.07 Å². The molecule has 5 rings (SSSR count). The predicted octanol–water partition coefficient (Wildman–Crippen LogP) is 4.07. The van der Waals surface area contributed by atoms with Crippen LogP contribution in [-0.4, -0.2) is 15.7 Å². The van der Waals surface area contributed by atoms with Crippen molar-refractivity contribution >= 4 is 5.91 Å². The molecule has 0 spiro atoms. The summed E-state index contributed by atoms with van der Waals surface area (Å²) in [7, 11) is 0. The summed E-state index contributed by atoms with van der Waals surface area (Å²) in [5, 5.41) is 7.42. The van der Waals surface area contributed by atoms with Crippen LogP contribution in [-0.2, 0) is 6.54 Å². The molecule has 1 N–H and O–H groups in total. The van der Waals surface area contributed by atoms with Crippen LogP contribution in [0, 0.1) is 11.6 Å². The standard InChI is InChI=1S/C20H15F2N3O/c21-12-1-4-14(18(22)8-12)16-9-15-11(10-23-20(15)26)7-17(16)19-5-6-25(24-19)13-2-3-13/h1,4-9,13H,2-3,10H2,(H,23,26). The van der Waals surface area contributed by atoms with Crippen LogP contribution in [0.1, 0.15) is 34.8 Å². The van der Waals surface area contributed by atoms with Crippen LogP contribution in [0.25, 0.3) is 22.4 Å². The van der Waals surface area contributed by atoms with Gasteiger partial charge >= 0.3 is 0 Å². The van der Waals surface area contributed by atoms with Gasteiger partial charge in [-0.05, 0) is 54.3 Å². The number of aromatic nitrogens is 2. The molecule has 0 radical (unpaired) electrons. The monoisotopic (exact) mass is 351 g/mol. The van der Waals surface area contributed by atoms with Crippen LogP contribution >= 0.6 is 0 Å². The second-order valence-corrected chi connectivity index (χ2v) is 6.77. The molecule has 1 amide bonds. The van der Waals surface area contributed by atoms with Crippen LogP contribution in [0.15, 0.2) is 42.6 Å². The van der Waals surface area contributed by atoms with E-state index in [4.69, 9.17) is 0 Å². The second-order valence-electron chi connectivity index (χ2n) is 6.77. The number of fused-ring (bicyclic) bond motifs is 1. The second kappa shape index (κ2) is 5.49. The molecule has 2 aromatic carbocycles. The van der Waals surface area contributed by atoms with Crippen molar-refractivity contribution in [2.24, 2.45) is 0 Å². The third-order valence-corrected chi connectivity index (χ3v) is 4.95. The van der Waals surface area contributed by atoms with Gasteiger partial charge in [-0.15, -0.1) is 0 Å². The van der Waals surface area contributed by atoms with E-state index in [1.165, 1.54) is 12.1 Å². The van der Waals surface area contributed by atoms with E-state index >= 15 is 0 Å². The Hall–Kier alpha value is -3.02. The van der Waals surface area contributed by atoms with Crippen LogP contribution < -0.4 is 5.32 Å². The van der Waals surface area contributed by atoms with Crippen molar-refractivity contribution in [3.8, 4) is 22.4 Å². The summed E-state index contributed by atoms with van der Waals surface area (Å²) in [4.78, 5) is 12.1.